The van der Waals surface area contributed by atoms with Gasteiger partial charge in [0.05, 0.1) is 13.2 Å². The topological polar surface area (TPSA) is 125 Å². The molecule has 0 aliphatic rings. The third kappa shape index (κ3) is 8.68. The molecular formula is C6H12N2O7. The van der Waals surface area contributed by atoms with E-state index >= 15 is 0 Å². The molecule has 88 valence electrons. The standard InChI is InChI=1S/C6H12N2O7/c9-5-6(15-8(12)13)3-1-2-4-14-7(10)11/h6,9H,1-5H2. The van der Waals surface area contributed by atoms with Gasteiger partial charge in [0.1, 0.15) is 6.10 Å². The van der Waals surface area contributed by atoms with Gasteiger partial charge in [-0.05, 0) is 19.3 Å². The van der Waals surface area contributed by atoms with Crippen molar-refractivity contribution in [3.8, 4) is 0 Å². The van der Waals surface area contributed by atoms with E-state index in [9.17, 15) is 20.2 Å². The van der Waals surface area contributed by atoms with Crippen molar-refractivity contribution in [3.05, 3.63) is 20.2 Å². The minimum absolute atomic E-state index is 0.0659. The Morgan fingerprint density at radius 2 is 1.87 bits per heavy atom. The van der Waals surface area contributed by atoms with Crippen molar-refractivity contribution in [1.29, 1.82) is 0 Å². The first kappa shape index (κ1) is 13.4. The van der Waals surface area contributed by atoms with Gasteiger partial charge in [-0.15, -0.1) is 20.2 Å². The molecule has 15 heavy (non-hydrogen) atoms. The van der Waals surface area contributed by atoms with Crippen molar-refractivity contribution in [2.75, 3.05) is 13.2 Å². The largest absolute Gasteiger partial charge is 0.394 e. The van der Waals surface area contributed by atoms with Gasteiger partial charge < -0.3 is 14.8 Å². The molecule has 0 heterocycles. The maximum absolute atomic E-state index is 9.91. The summed E-state index contributed by atoms with van der Waals surface area (Å²) in [6, 6.07) is 0. The molecule has 1 N–H and O–H groups in total. The summed E-state index contributed by atoms with van der Waals surface area (Å²) in [5, 5.41) is 26.4. The van der Waals surface area contributed by atoms with Crippen LogP contribution in [0.15, 0.2) is 0 Å². The van der Waals surface area contributed by atoms with E-state index in [0.29, 0.717) is 12.8 Å². The zero-order valence-electron chi connectivity index (χ0n) is 7.90. The van der Waals surface area contributed by atoms with Crippen LogP contribution in [0.4, 0.5) is 0 Å². The lowest BCUT2D eigenvalue weighted by Gasteiger charge is -2.10. The van der Waals surface area contributed by atoms with E-state index < -0.39 is 22.9 Å². The molecule has 0 spiro atoms. The molecule has 0 radical (unpaired) electrons. The normalized spacial score (nSPS) is 11.8. The van der Waals surface area contributed by atoms with Crippen molar-refractivity contribution < 1.29 is 25.0 Å². The summed E-state index contributed by atoms with van der Waals surface area (Å²) in [7, 11) is 0. The van der Waals surface area contributed by atoms with Crippen LogP contribution in [0.2, 0.25) is 0 Å². The van der Waals surface area contributed by atoms with Gasteiger partial charge in [-0.1, -0.05) is 0 Å². The molecule has 0 aliphatic carbocycles. The van der Waals surface area contributed by atoms with Gasteiger partial charge in [0.15, 0.2) is 0 Å². The fraction of sp³-hybridized carbons (Fsp3) is 1.00. The number of hydrogen-bond acceptors (Lipinski definition) is 7. The second-order valence-corrected chi connectivity index (χ2v) is 2.69. The minimum Gasteiger partial charge on any atom is -0.394 e. The van der Waals surface area contributed by atoms with E-state index in [0.717, 1.165) is 0 Å². The maximum atomic E-state index is 9.91. The average Bonchev–Trinajstić information content (AvgIpc) is 2.14. The van der Waals surface area contributed by atoms with Crippen LogP contribution in [-0.4, -0.2) is 34.6 Å². The first-order chi connectivity index (χ1) is 7.06. The van der Waals surface area contributed by atoms with Gasteiger partial charge >= 0.3 is 0 Å². The molecule has 0 aliphatic heterocycles. The first-order valence-electron chi connectivity index (χ1n) is 4.25. The molecule has 0 amide bonds. The van der Waals surface area contributed by atoms with Gasteiger partial charge in [0.25, 0.3) is 10.2 Å². The number of aliphatic hydroxyl groups is 1. The maximum Gasteiger partial charge on any atom is 0.294 e. The Balaban J connectivity index is 3.46. The number of unbranched alkanes of at least 4 members (excludes halogenated alkanes) is 1. The number of nitrogens with zero attached hydrogens (tertiary/aromatic N) is 2. The molecular weight excluding hydrogens is 212 g/mol. The second kappa shape index (κ2) is 7.74. The van der Waals surface area contributed by atoms with E-state index in [-0.39, 0.29) is 13.0 Å². The van der Waals surface area contributed by atoms with Crippen molar-refractivity contribution in [2.45, 2.75) is 25.4 Å². The summed E-state index contributed by atoms with van der Waals surface area (Å²) in [5.41, 5.74) is 0. The van der Waals surface area contributed by atoms with Crippen LogP contribution in [0.25, 0.3) is 0 Å². The summed E-state index contributed by atoms with van der Waals surface area (Å²) in [6.07, 6.45) is 0.180. The Morgan fingerprint density at radius 1 is 1.20 bits per heavy atom. The van der Waals surface area contributed by atoms with Crippen LogP contribution in [0.3, 0.4) is 0 Å². The predicted octanol–water partition coefficient (Wildman–Crippen LogP) is -0.0658. The van der Waals surface area contributed by atoms with Gasteiger partial charge in [-0.25, -0.2) is 0 Å². The van der Waals surface area contributed by atoms with E-state index in [1.165, 1.54) is 0 Å². The molecule has 0 fully saturated rings. The van der Waals surface area contributed by atoms with Crippen molar-refractivity contribution in [3.63, 3.8) is 0 Å². The molecule has 9 heteroatoms. The minimum atomic E-state index is -0.978. The molecule has 1 atom stereocenters. The van der Waals surface area contributed by atoms with Crippen LogP contribution < -0.4 is 0 Å². The summed E-state index contributed by atoms with van der Waals surface area (Å²) >= 11 is 0. The van der Waals surface area contributed by atoms with Crippen molar-refractivity contribution in [1.82, 2.24) is 0 Å². The van der Waals surface area contributed by atoms with E-state index in [4.69, 9.17) is 5.11 Å². The van der Waals surface area contributed by atoms with Crippen LogP contribution in [-0.2, 0) is 9.68 Å². The molecule has 0 aromatic carbocycles. The third-order valence-corrected chi connectivity index (χ3v) is 1.56. The highest BCUT2D eigenvalue weighted by atomic mass is 17.0. The fourth-order valence-corrected chi connectivity index (χ4v) is 0.912. The average molecular weight is 224 g/mol. The fourth-order valence-electron chi connectivity index (χ4n) is 0.912. The van der Waals surface area contributed by atoms with Crippen molar-refractivity contribution >= 4 is 0 Å². The highest BCUT2D eigenvalue weighted by Crippen LogP contribution is 2.04. The molecule has 0 saturated carbocycles. The predicted molar refractivity (Wildman–Crippen MR) is 45.8 cm³/mol. The Hall–Kier alpha value is -1.64. The smallest absolute Gasteiger partial charge is 0.294 e. The van der Waals surface area contributed by atoms with Crippen molar-refractivity contribution in [2.24, 2.45) is 0 Å². The SMILES string of the molecule is O=[N+]([O-])OCCCCC(CO)O[N+](=O)[O-]. The summed E-state index contributed by atoms with van der Waals surface area (Å²) in [6.45, 7) is -0.527. The highest BCUT2D eigenvalue weighted by Gasteiger charge is 2.11. The lowest BCUT2D eigenvalue weighted by Crippen LogP contribution is -2.21. The highest BCUT2D eigenvalue weighted by molar-refractivity contribution is 4.53. The number of rotatable bonds is 9. The van der Waals surface area contributed by atoms with Gasteiger partial charge in [-0.2, -0.15) is 0 Å². The number of hydrogen-bond donors (Lipinski definition) is 1. The molecule has 9 nitrogen and oxygen atoms in total. The van der Waals surface area contributed by atoms with E-state index in [1.807, 2.05) is 0 Å². The van der Waals surface area contributed by atoms with Gasteiger partial charge in [-0.3, -0.25) is 0 Å². The molecule has 0 aromatic heterocycles. The monoisotopic (exact) mass is 224 g/mol. The zero-order chi connectivity index (χ0) is 11.7. The van der Waals surface area contributed by atoms with Crippen LogP contribution in [0.1, 0.15) is 19.3 Å². The van der Waals surface area contributed by atoms with Gasteiger partial charge in [0.2, 0.25) is 0 Å². The van der Waals surface area contributed by atoms with Gasteiger partial charge in [0, 0.05) is 0 Å². The molecule has 1 unspecified atom stereocenters. The molecule has 0 rings (SSSR count). The summed E-state index contributed by atoms with van der Waals surface area (Å²) < 4.78 is 0. The summed E-state index contributed by atoms with van der Waals surface area (Å²) in [5.74, 6) is 0. The zero-order valence-corrected chi connectivity index (χ0v) is 7.90. The first-order valence-corrected chi connectivity index (χ1v) is 4.25. The second-order valence-electron chi connectivity index (χ2n) is 2.69. The summed E-state index contributed by atoms with van der Waals surface area (Å²) in [4.78, 5) is 27.8. The Morgan fingerprint density at radius 3 is 2.33 bits per heavy atom. The van der Waals surface area contributed by atoms with Crippen LogP contribution in [0.5, 0.6) is 0 Å². The van der Waals surface area contributed by atoms with Crippen LogP contribution in [0, 0.1) is 20.2 Å². The quantitative estimate of drug-likeness (QED) is 0.330. The van der Waals surface area contributed by atoms with E-state index in [1.54, 1.807) is 0 Å². The Labute approximate surface area is 84.8 Å². The Bertz CT molecular complexity index is 210. The lowest BCUT2D eigenvalue weighted by molar-refractivity contribution is -0.769. The Kier molecular flexibility index (Phi) is 6.89. The lowest BCUT2D eigenvalue weighted by atomic mass is 10.2. The molecule has 0 bridgehead atoms. The number of aliphatic hydroxyl groups excluding tert-OH is 1. The third-order valence-electron chi connectivity index (χ3n) is 1.56. The van der Waals surface area contributed by atoms with E-state index in [2.05, 4.69) is 9.68 Å². The molecule has 0 aromatic rings. The molecule has 0 saturated heterocycles. The van der Waals surface area contributed by atoms with Crippen LogP contribution >= 0.6 is 0 Å².